The van der Waals surface area contributed by atoms with Crippen molar-refractivity contribution in [2.75, 3.05) is 6.61 Å². The van der Waals surface area contributed by atoms with Gasteiger partial charge in [-0.3, -0.25) is 9.69 Å². The minimum Gasteiger partial charge on any atom is -0.485 e. The van der Waals surface area contributed by atoms with Crippen molar-refractivity contribution in [2.24, 2.45) is 0 Å². The van der Waals surface area contributed by atoms with E-state index in [0.717, 1.165) is 5.56 Å². The smallest absolute Gasteiger partial charge is 0.412 e. The normalized spacial score (nSPS) is 19.0. The summed E-state index contributed by atoms with van der Waals surface area (Å²) in [5.74, 6) is -8.69. The second-order valence-corrected chi connectivity index (χ2v) is 9.98. The van der Waals surface area contributed by atoms with Gasteiger partial charge in [-0.25, -0.2) is 13.6 Å². The topological polar surface area (TPSA) is 74.3 Å². The molecule has 0 spiro atoms. The third kappa shape index (κ3) is 6.91. The lowest BCUT2D eigenvalue weighted by atomic mass is 10.1. The molecule has 7 nitrogen and oxygen atoms in total. The van der Waals surface area contributed by atoms with Crippen LogP contribution >= 0.6 is 0 Å². The van der Waals surface area contributed by atoms with Gasteiger partial charge in [-0.15, -0.1) is 0 Å². The van der Waals surface area contributed by atoms with Gasteiger partial charge in [0.25, 0.3) is 0 Å². The SMILES string of the molecule is CC(C)(C)OC(=O)CC1C(COc2c(F)c(F)cc(F)c2F)OC(C)(C)N1C(=O)OCc1ccccc1. The summed E-state index contributed by atoms with van der Waals surface area (Å²) >= 11 is 0. The van der Waals surface area contributed by atoms with Crippen LogP contribution in [0.1, 0.15) is 46.6 Å². The minimum atomic E-state index is -1.72. The van der Waals surface area contributed by atoms with Crippen molar-refractivity contribution >= 4 is 12.1 Å². The highest BCUT2D eigenvalue weighted by molar-refractivity contribution is 5.74. The van der Waals surface area contributed by atoms with E-state index < -0.39 is 71.2 Å². The van der Waals surface area contributed by atoms with Gasteiger partial charge < -0.3 is 18.9 Å². The van der Waals surface area contributed by atoms with Gasteiger partial charge in [-0.1, -0.05) is 30.3 Å². The van der Waals surface area contributed by atoms with E-state index in [4.69, 9.17) is 18.9 Å². The summed E-state index contributed by atoms with van der Waals surface area (Å²) < 4.78 is 77.3. The van der Waals surface area contributed by atoms with E-state index in [0.29, 0.717) is 0 Å². The second kappa shape index (κ2) is 11.0. The van der Waals surface area contributed by atoms with Crippen molar-refractivity contribution in [3.05, 3.63) is 65.2 Å². The van der Waals surface area contributed by atoms with E-state index in [9.17, 15) is 27.2 Å². The lowest BCUT2D eigenvalue weighted by Gasteiger charge is -2.32. The van der Waals surface area contributed by atoms with Gasteiger partial charge >= 0.3 is 12.1 Å². The predicted molar refractivity (Wildman–Crippen MR) is 123 cm³/mol. The number of benzene rings is 2. The van der Waals surface area contributed by atoms with Gasteiger partial charge in [0.15, 0.2) is 17.4 Å². The van der Waals surface area contributed by atoms with Gasteiger partial charge in [-0.2, -0.15) is 8.78 Å². The van der Waals surface area contributed by atoms with Crippen LogP contribution in [0.3, 0.4) is 0 Å². The van der Waals surface area contributed by atoms with Crippen molar-refractivity contribution in [3.63, 3.8) is 0 Å². The minimum absolute atomic E-state index is 0.0580. The summed E-state index contributed by atoms with van der Waals surface area (Å²) in [6, 6.07) is 7.88. The van der Waals surface area contributed by atoms with Crippen LogP contribution in [0.25, 0.3) is 0 Å². The Morgan fingerprint density at radius 3 is 2.19 bits per heavy atom. The zero-order valence-corrected chi connectivity index (χ0v) is 21.1. The predicted octanol–water partition coefficient (Wildman–Crippen LogP) is 5.50. The monoisotopic (exact) mass is 527 g/mol. The molecule has 0 saturated carbocycles. The van der Waals surface area contributed by atoms with Crippen molar-refractivity contribution < 1.29 is 46.1 Å². The highest BCUT2D eigenvalue weighted by atomic mass is 19.2. The molecule has 2 unspecified atom stereocenters. The fourth-order valence-electron chi connectivity index (χ4n) is 3.98. The molecule has 2 aromatic carbocycles. The Morgan fingerprint density at radius 1 is 1.03 bits per heavy atom. The van der Waals surface area contributed by atoms with Gasteiger partial charge in [0, 0.05) is 6.07 Å². The first-order chi connectivity index (χ1) is 17.2. The molecule has 0 aliphatic carbocycles. The van der Waals surface area contributed by atoms with E-state index >= 15 is 0 Å². The molecule has 3 rings (SSSR count). The maximum atomic E-state index is 14.1. The lowest BCUT2D eigenvalue weighted by Crippen LogP contribution is -2.50. The fourth-order valence-corrected chi connectivity index (χ4v) is 3.98. The number of hydrogen-bond donors (Lipinski definition) is 0. The average Bonchev–Trinajstić information content (AvgIpc) is 3.04. The summed E-state index contributed by atoms with van der Waals surface area (Å²) in [7, 11) is 0. The quantitative estimate of drug-likeness (QED) is 0.269. The number of esters is 1. The van der Waals surface area contributed by atoms with E-state index in [-0.39, 0.29) is 19.1 Å². The van der Waals surface area contributed by atoms with Crippen LogP contribution in [0.15, 0.2) is 36.4 Å². The first-order valence-electron chi connectivity index (χ1n) is 11.5. The molecule has 0 aromatic heterocycles. The summed E-state index contributed by atoms with van der Waals surface area (Å²) in [6.07, 6.45) is -2.34. The molecule has 1 saturated heterocycles. The molecular weight excluding hydrogens is 498 g/mol. The Bertz CT molecular complexity index is 1110. The molecule has 2 atom stereocenters. The van der Waals surface area contributed by atoms with Crippen molar-refractivity contribution in [1.82, 2.24) is 4.90 Å². The Labute approximate surface area is 212 Å². The molecule has 37 heavy (non-hydrogen) atoms. The number of amides is 1. The lowest BCUT2D eigenvalue weighted by molar-refractivity contribution is -0.156. The highest BCUT2D eigenvalue weighted by Crippen LogP contribution is 2.36. The van der Waals surface area contributed by atoms with Crippen LogP contribution in [0.2, 0.25) is 0 Å². The zero-order chi connectivity index (χ0) is 27.5. The third-order valence-electron chi connectivity index (χ3n) is 5.44. The van der Waals surface area contributed by atoms with Gasteiger partial charge in [-0.05, 0) is 40.2 Å². The van der Waals surface area contributed by atoms with Crippen LogP contribution in [0.4, 0.5) is 22.4 Å². The van der Waals surface area contributed by atoms with Gasteiger partial charge in [0.05, 0.1) is 12.5 Å². The number of nitrogens with zero attached hydrogens (tertiary/aromatic N) is 1. The Balaban J connectivity index is 1.85. The average molecular weight is 528 g/mol. The molecule has 2 aromatic rings. The number of carbonyl (C=O) groups excluding carboxylic acids is 2. The molecule has 1 aliphatic heterocycles. The van der Waals surface area contributed by atoms with Crippen molar-refractivity contribution in [2.45, 2.75) is 71.1 Å². The molecule has 202 valence electrons. The van der Waals surface area contributed by atoms with Crippen LogP contribution in [0.5, 0.6) is 5.75 Å². The molecule has 1 heterocycles. The Morgan fingerprint density at radius 2 is 1.62 bits per heavy atom. The van der Waals surface area contributed by atoms with Crippen LogP contribution in [-0.2, 0) is 25.6 Å². The summed E-state index contributed by atoms with van der Waals surface area (Å²) in [5.41, 5.74) is -1.46. The standard InChI is InChI=1S/C26H29F4NO6/c1-25(2,3)37-20(32)12-18-19(14-34-23-21(29)16(27)11-17(28)22(23)30)36-26(4,5)31(18)24(33)35-13-15-9-7-6-8-10-15/h6-11,18-19H,12-14H2,1-5H3. The second-order valence-electron chi connectivity index (χ2n) is 9.98. The molecule has 11 heteroatoms. The summed E-state index contributed by atoms with van der Waals surface area (Å²) in [5, 5.41) is 0. The Kier molecular flexibility index (Phi) is 8.36. The molecule has 1 fully saturated rings. The third-order valence-corrected chi connectivity index (χ3v) is 5.44. The fraction of sp³-hybridized carbons (Fsp3) is 0.462. The molecule has 1 amide bonds. The number of rotatable bonds is 7. The molecular formula is C26H29F4NO6. The maximum absolute atomic E-state index is 14.1. The largest absolute Gasteiger partial charge is 0.485 e. The number of hydrogen-bond acceptors (Lipinski definition) is 6. The molecule has 1 aliphatic rings. The highest BCUT2D eigenvalue weighted by Gasteiger charge is 2.52. The summed E-state index contributed by atoms with van der Waals surface area (Å²) in [6.45, 7) is 7.34. The Hall–Kier alpha value is -3.34. The van der Waals surface area contributed by atoms with E-state index in [1.165, 1.54) is 18.7 Å². The first kappa shape index (κ1) is 28.2. The number of ether oxygens (including phenoxy) is 4. The summed E-state index contributed by atoms with van der Waals surface area (Å²) in [4.78, 5) is 27.0. The van der Waals surface area contributed by atoms with Crippen LogP contribution < -0.4 is 4.74 Å². The molecule has 0 N–H and O–H groups in total. The first-order valence-corrected chi connectivity index (χ1v) is 11.5. The van der Waals surface area contributed by atoms with Crippen molar-refractivity contribution in [3.8, 4) is 5.75 Å². The zero-order valence-electron chi connectivity index (χ0n) is 21.1. The van der Waals surface area contributed by atoms with Crippen molar-refractivity contribution in [1.29, 1.82) is 0 Å². The van der Waals surface area contributed by atoms with Gasteiger partial charge in [0.2, 0.25) is 11.6 Å². The van der Waals surface area contributed by atoms with Crippen LogP contribution in [-0.4, -0.2) is 47.0 Å². The maximum Gasteiger partial charge on any atom is 0.412 e. The number of halogens is 4. The van der Waals surface area contributed by atoms with Gasteiger partial charge in [0.1, 0.15) is 30.6 Å². The molecule has 0 radical (unpaired) electrons. The van der Waals surface area contributed by atoms with E-state index in [2.05, 4.69) is 0 Å². The molecule has 0 bridgehead atoms. The van der Waals surface area contributed by atoms with E-state index in [1.807, 2.05) is 0 Å². The number of carbonyl (C=O) groups is 2. The van der Waals surface area contributed by atoms with E-state index in [1.54, 1.807) is 51.1 Å². The van der Waals surface area contributed by atoms with Crippen LogP contribution in [0, 0.1) is 23.3 Å².